The van der Waals surface area contributed by atoms with Crippen molar-refractivity contribution < 1.29 is 9.13 Å². The molecule has 0 unspecified atom stereocenters. The van der Waals surface area contributed by atoms with E-state index in [0.29, 0.717) is 12.0 Å². The van der Waals surface area contributed by atoms with Crippen LogP contribution in [0.3, 0.4) is 0 Å². The number of imidazole rings is 1. The van der Waals surface area contributed by atoms with Gasteiger partial charge in [-0.05, 0) is 23.8 Å². The fourth-order valence-electron chi connectivity index (χ4n) is 2.17. The number of rotatable bonds is 3. The van der Waals surface area contributed by atoms with Crippen molar-refractivity contribution in [3.63, 3.8) is 0 Å². The predicted molar refractivity (Wildman–Crippen MR) is 71.0 cm³/mol. The zero-order chi connectivity index (χ0) is 13.2. The molecular formula is C15H13FN2O. The lowest BCUT2D eigenvalue weighted by Gasteiger charge is -2.05. The van der Waals surface area contributed by atoms with Gasteiger partial charge in [0.15, 0.2) is 0 Å². The van der Waals surface area contributed by atoms with Gasteiger partial charge in [0.25, 0.3) is 0 Å². The molecule has 3 nitrogen and oxygen atoms in total. The molecule has 3 aromatic rings. The largest absolute Gasteiger partial charge is 0.494 e. The van der Waals surface area contributed by atoms with Crippen molar-refractivity contribution in [1.82, 2.24) is 9.38 Å². The zero-order valence-electron chi connectivity index (χ0n) is 10.5. The molecule has 0 amide bonds. The summed E-state index contributed by atoms with van der Waals surface area (Å²) in [4.78, 5) is 4.36. The average Bonchev–Trinajstić information content (AvgIpc) is 2.84. The molecule has 0 aliphatic heterocycles. The fourth-order valence-corrected chi connectivity index (χ4v) is 2.17. The van der Waals surface area contributed by atoms with E-state index in [0.717, 1.165) is 17.1 Å². The number of hydrogen-bond donors (Lipinski definition) is 0. The molecule has 2 heterocycles. The predicted octanol–water partition coefficient (Wildman–Crippen LogP) is 3.07. The van der Waals surface area contributed by atoms with E-state index >= 15 is 0 Å². The molecule has 0 bridgehead atoms. The van der Waals surface area contributed by atoms with Crippen molar-refractivity contribution in [1.29, 1.82) is 0 Å². The molecule has 0 aliphatic rings. The molecule has 0 atom stereocenters. The van der Waals surface area contributed by atoms with Crippen LogP contribution in [-0.2, 0) is 6.42 Å². The van der Waals surface area contributed by atoms with E-state index in [4.69, 9.17) is 4.74 Å². The van der Waals surface area contributed by atoms with Crippen LogP contribution in [0.15, 0.2) is 48.8 Å². The number of pyridine rings is 1. The van der Waals surface area contributed by atoms with Gasteiger partial charge in [0.1, 0.15) is 22.9 Å². The highest BCUT2D eigenvalue weighted by Gasteiger charge is 2.10. The first kappa shape index (κ1) is 11.7. The summed E-state index contributed by atoms with van der Waals surface area (Å²) >= 11 is 0. The van der Waals surface area contributed by atoms with Gasteiger partial charge >= 0.3 is 0 Å². The average molecular weight is 256 g/mol. The monoisotopic (exact) mass is 256 g/mol. The van der Waals surface area contributed by atoms with E-state index in [1.54, 1.807) is 25.4 Å². The van der Waals surface area contributed by atoms with Gasteiger partial charge in [-0.15, -0.1) is 0 Å². The van der Waals surface area contributed by atoms with Crippen LogP contribution in [0.5, 0.6) is 5.75 Å². The summed E-state index contributed by atoms with van der Waals surface area (Å²) in [7, 11) is 1.62. The van der Waals surface area contributed by atoms with Gasteiger partial charge in [-0.3, -0.25) is 0 Å². The summed E-state index contributed by atoms with van der Waals surface area (Å²) in [5, 5.41) is 0. The van der Waals surface area contributed by atoms with Crippen LogP contribution in [0, 0.1) is 5.82 Å². The molecule has 0 spiro atoms. The topological polar surface area (TPSA) is 26.5 Å². The van der Waals surface area contributed by atoms with Crippen molar-refractivity contribution in [3.8, 4) is 5.75 Å². The Morgan fingerprint density at radius 2 is 2.05 bits per heavy atom. The molecule has 2 aromatic heterocycles. The molecule has 1 aromatic carbocycles. The maximum atomic E-state index is 13.7. The quantitative estimate of drug-likeness (QED) is 0.720. The van der Waals surface area contributed by atoms with Gasteiger partial charge in [-0.25, -0.2) is 9.37 Å². The van der Waals surface area contributed by atoms with Crippen LogP contribution in [-0.4, -0.2) is 16.5 Å². The third-order valence-corrected chi connectivity index (χ3v) is 3.13. The Bertz CT molecular complexity index is 721. The summed E-state index contributed by atoms with van der Waals surface area (Å²) in [5.74, 6) is 1.34. The number of fused-ring (bicyclic) bond motifs is 1. The molecule has 0 saturated carbocycles. The van der Waals surface area contributed by atoms with E-state index in [2.05, 4.69) is 4.98 Å². The second-order valence-corrected chi connectivity index (χ2v) is 4.27. The number of benzene rings is 1. The SMILES string of the molecule is COc1cccn2c(Cc3ccccc3F)ncc12. The molecule has 0 saturated heterocycles. The van der Waals surface area contributed by atoms with Crippen molar-refractivity contribution in [2.24, 2.45) is 0 Å². The van der Waals surface area contributed by atoms with Crippen molar-refractivity contribution in [3.05, 3.63) is 66.0 Å². The summed E-state index contributed by atoms with van der Waals surface area (Å²) in [6.45, 7) is 0. The number of methoxy groups -OCH3 is 1. The Balaban J connectivity index is 2.05. The molecule has 4 heteroatoms. The van der Waals surface area contributed by atoms with Gasteiger partial charge in [-0.2, -0.15) is 0 Å². The van der Waals surface area contributed by atoms with Gasteiger partial charge < -0.3 is 9.14 Å². The second-order valence-electron chi connectivity index (χ2n) is 4.27. The van der Waals surface area contributed by atoms with Crippen LogP contribution in [0.1, 0.15) is 11.4 Å². The second kappa shape index (κ2) is 4.72. The lowest BCUT2D eigenvalue weighted by molar-refractivity contribution is 0.418. The summed E-state index contributed by atoms with van der Waals surface area (Å²) in [5.41, 5.74) is 1.52. The van der Waals surface area contributed by atoms with Gasteiger partial charge in [-0.1, -0.05) is 18.2 Å². The Kier molecular flexibility index (Phi) is 2.91. The molecule has 3 rings (SSSR count). The molecule has 0 radical (unpaired) electrons. The molecule has 96 valence electrons. The standard InChI is InChI=1S/C15H13FN2O/c1-19-14-7-4-8-18-13(14)10-17-15(18)9-11-5-2-3-6-12(11)16/h2-8,10H,9H2,1H3. The molecular weight excluding hydrogens is 243 g/mol. The van der Waals surface area contributed by atoms with E-state index in [1.807, 2.05) is 28.8 Å². The van der Waals surface area contributed by atoms with Crippen LogP contribution >= 0.6 is 0 Å². The number of nitrogens with zero attached hydrogens (tertiary/aromatic N) is 2. The molecule has 19 heavy (non-hydrogen) atoms. The van der Waals surface area contributed by atoms with Crippen LogP contribution < -0.4 is 4.74 Å². The summed E-state index contributed by atoms with van der Waals surface area (Å²) in [6.07, 6.45) is 4.10. The van der Waals surface area contributed by atoms with Gasteiger partial charge in [0.05, 0.1) is 13.3 Å². The Labute approximate surface area is 110 Å². The van der Waals surface area contributed by atoms with E-state index < -0.39 is 0 Å². The van der Waals surface area contributed by atoms with Crippen LogP contribution in [0.25, 0.3) is 5.52 Å². The molecule has 0 fully saturated rings. The van der Waals surface area contributed by atoms with E-state index in [-0.39, 0.29) is 5.82 Å². The molecule has 0 aliphatic carbocycles. The number of hydrogen-bond acceptors (Lipinski definition) is 2. The van der Waals surface area contributed by atoms with Crippen molar-refractivity contribution in [2.75, 3.05) is 7.11 Å². The fraction of sp³-hybridized carbons (Fsp3) is 0.133. The first-order valence-corrected chi connectivity index (χ1v) is 6.02. The molecule has 0 N–H and O–H groups in total. The third kappa shape index (κ3) is 2.05. The van der Waals surface area contributed by atoms with Crippen molar-refractivity contribution in [2.45, 2.75) is 6.42 Å². The minimum atomic E-state index is -0.206. The lowest BCUT2D eigenvalue weighted by Crippen LogP contribution is -1.99. The number of halogens is 1. The number of ether oxygens (including phenoxy) is 1. The Hall–Kier alpha value is -2.36. The Morgan fingerprint density at radius 3 is 2.84 bits per heavy atom. The highest BCUT2D eigenvalue weighted by molar-refractivity contribution is 5.59. The summed E-state index contributed by atoms with van der Waals surface area (Å²) in [6, 6.07) is 10.5. The smallest absolute Gasteiger partial charge is 0.144 e. The zero-order valence-corrected chi connectivity index (χ0v) is 10.5. The maximum absolute atomic E-state index is 13.7. The normalized spacial score (nSPS) is 10.8. The lowest BCUT2D eigenvalue weighted by atomic mass is 10.1. The Morgan fingerprint density at radius 1 is 1.21 bits per heavy atom. The van der Waals surface area contributed by atoms with Gasteiger partial charge in [0.2, 0.25) is 0 Å². The van der Waals surface area contributed by atoms with E-state index in [9.17, 15) is 4.39 Å². The minimum absolute atomic E-state index is 0.206. The van der Waals surface area contributed by atoms with E-state index in [1.165, 1.54) is 6.07 Å². The maximum Gasteiger partial charge on any atom is 0.144 e. The van der Waals surface area contributed by atoms with Crippen LogP contribution in [0.4, 0.5) is 4.39 Å². The van der Waals surface area contributed by atoms with Crippen molar-refractivity contribution >= 4 is 5.52 Å². The van der Waals surface area contributed by atoms with Crippen LogP contribution in [0.2, 0.25) is 0 Å². The third-order valence-electron chi connectivity index (χ3n) is 3.13. The number of aromatic nitrogens is 2. The summed E-state index contributed by atoms with van der Waals surface area (Å²) < 4.78 is 20.9. The minimum Gasteiger partial charge on any atom is -0.494 e. The highest BCUT2D eigenvalue weighted by Crippen LogP contribution is 2.21. The van der Waals surface area contributed by atoms with Gasteiger partial charge in [0, 0.05) is 12.6 Å². The first-order valence-electron chi connectivity index (χ1n) is 6.02. The highest BCUT2D eigenvalue weighted by atomic mass is 19.1. The first-order chi connectivity index (χ1) is 9.29.